The van der Waals surface area contributed by atoms with E-state index in [9.17, 15) is 4.79 Å². The van der Waals surface area contributed by atoms with Crippen LogP contribution in [0.25, 0.3) is 22.0 Å². The minimum Gasteiger partial charge on any atom is -0.473 e. The fraction of sp³-hybridized carbons (Fsp3) is 0.297. The van der Waals surface area contributed by atoms with Crippen LogP contribution in [0.15, 0.2) is 97.2 Å². The zero-order valence-electron chi connectivity index (χ0n) is 26.4. The molecule has 5 aromatic rings. The summed E-state index contributed by atoms with van der Waals surface area (Å²) < 4.78 is 20.1. The predicted octanol–water partition coefficient (Wildman–Crippen LogP) is 7.46. The molecule has 0 unspecified atom stereocenters. The summed E-state index contributed by atoms with van der Waals surface area (Å²) in [6, 6.07) is 30.6. The van der Waals surface area contributed by atoms with E-state index in [0.29, 0.717) is 38.1 Å². The van der Waals surface area contributed by atoms with Gasteiger partial charge in [0.05, 0.1) is 5.52 Å². The van der Waals surface area contributed by atoms with Gasteiger partial charge in [-0.1, -0.05) is 66.7 Å². The highest BCUT2D eigenvalue weighted by atomic mass is 16.6. The van der Waals surface area contributed by atoms with E-state index in [0.717, 1.165) is 51.9 Å². The number of amides is 1. The molecule has 1 aliphatic heterocycles. The topological polar surface area (TPSA) is 69.1 Å². The summed E-state index contributed by atoms with van der Waals surface area (Å²) in [5, 5.41) is 1.11. The second-order valence-corrected chi connectivity index (χ2v) is 12.4. The zero-order valence-corrected chi connectivity index (χ0v) is 26.4. The smallest absolute Gasteiger partial charge is 0.410 e. The van der Waals surface area contributed by atoms with E-state index in [-0.39, 0.29) is 6.09 Å². The lowest BCUT2D eigenvalue weighted by atomic mass is 10.1. The van der Waals surface area contributed by atoms with Gasteiger partial charge >= 0.3 is 6.09 Å². The van der Waals surface area contributed by atoms with Crippen LogP contribution in [0.3, 0.4) is 0 Å². The summed E-state index contributed by atoms with van der Waals surface area (Å²) in [6.45, 7) is 9.24. The molecule has 8 heteroatoms. The fourth-order valence-electron chi connectivity index (χ4n) is 5.53. The summed E-state index contributed by atoms with van der Waals surface area (Å²) in [6.07, 6.45) is 1.88. The van der Waals surface area contributed by atoms with Crippen LogP contribution in [-0.4, -0.2) is 52.3 Å². The molecule has 2 aromatic heterocycles. The van der Waals surface area contributed by atoms with Crippen molar-refractivity contribution in [2.45, 2.75) is 39.6 Å². The van der Waals surface area contributed by atoms with Crippen LogP contribution < -0.4 is 14.4 Å². The van der Waals surface area contributed by atoms with Gasteiger partial charge in [0.2, 0.25) is 11.8 Å². The van der Waals surface area contributed by atoms with Gasteiger partial charge < -0.3 is 28.6 Å². The Kier molecular flexibility index (Phi) is 8.65. The first-order chi connectivity index (χ1) is 21.7. The highest BCUT2D eigenvalue weighted by molar-refractivity contribution is 5.98. The number of anilines is 1. The molecule has 1 saturated heterocycles. The summed E-state index contributed by atoms with van der Waals surface area (Å²) in [4.78, 5) is 21.5. The van der Waals surface area contributed by atoms with Crippen LogP contribution in [0.2, 0.25) is 0 Å². The molecule has 3 aromatic carbocycles. The third kappa shape index (κ3) is 7.23. The van der Waals surface area contributed by atoms with Crippen molar-refractivity contribution in [2.75, 3.05) is 31.1 Å². The standard InChI is InChI=1S/C37H40N4O4/c1-37(2,3)45-36(42)41-21-19-40(20-22-41)29-15-16-30-32(24-39(4)33(30)23-29)31-17-18-34(43-25-27-11-7-5-8-12-27)38-35(31)44-26-28-13-9-6-10-14-28/h5-18,23-24H,19-22,25-26H2,1-4H3. The van der Waals surface area contributed by atoms with E-state index >= 15 is 0 Å². The van der Waals surface area contributed by atoms with E-state index in [1.165, 1.54) is 0 Å². The van der Waals surface area contributed by atoms with Crippen molar-refractivity contribution in [1.29, 1.82) is 0 Å². The Bertz CT molecular complexity index is 1750. The number of fused-ring (bicyclic) bond motifs is 1. The largest absolute Gasteiger partial charge is 0.473 e. The number of carbonyl (C=O) groups excluding carboxylic acids is 1. The first-order valence-corrected chi connectivity index (χ1v) is 15.4. The van der Waals surface area contributed by atoms with E-state index in [4.69, 9.17) is 19.2 Å². The second-order valence-electron chi connectivity index (χ2n) is 12.4. The summed E-state index contributed by atoms with van der Waals surface area (Å²) in [5.41, 5.74) is 5.82. The highest BCUT2D eigenvalue weighted by Crippen LogP contribution is 2.38. The molecule has 1 amide bonds. The van der Waals surface area contributed by atoms with Gasteiger partial charge in [-0.05, 0) is 50.1 Å². The molecule has 0 atom stereocenters. The first kappa shape index (κ1) is 30.1. The Morgan fingerprint density at radius 1 is 0.778 bits per heavy atom. The Morgan fingerprint density at radius 2 is 1.42 bits per heavy atom. The molecule has 45 heavy (non-hydrogen) atoms. The number of hydrogen-bond donors (Lipinski definition) is 0. The molecular weight excluding hydrogens is 564 g/mol. The Hall–Kier alpha value is -4.98. The second kappa shape index (κ2) is 12.9. The third-order valence-electron chi connectivity index (χ3n) is 7.84. The van der Waals surface area contributed by atoms with Gasteiger partial charge in [0.1, 0.15) is 18.8 Å². The van der Waals surface area contributed by atoms with Crippen molar-refractivity contribution >= 4 is 22.7 Å². The Morgan fingerprint density at radius 3 is 2.07 bits per heavy atom. The maximum atomic E-state index is 12.5. The van der Waals surface area contributed by atoms with E-state index in [1.807, 2.05) is 93.6 Å². The van der Waals surface area contributed by atoms with Crippen molar-refractivity contribution in [3.8, 4) is 22.9 Å². The van der Waals surface area contributed by atoms with Gasteiger partial charge in [-0.3, -0.25) is 0 Å². The lowest BCUT2D eigenvalue weighted by molar-refractivity contribution is 0.0240. The number of ether oxygens (including phenoxy) is 3. The van der Waals surface area contributed by atoms with Crippen molar-refractivity contribution < 1.29 is 19.0 Å². The summed E-state index contributed by atoms with van der Waals surface area (Å²) in [5.74, 6) is 1.04. The maximum absolute atomic E-state index is 12.5. The lowest BCUT2D eigenvalue weighted by Gasteiger charge is -2.36. The molecule has 232 valence electrons. The normalized spacial score (nSPS) is 13.6. The molecule has 6 rings (SSSR count). The number of rotatable bonds is 8. The molecular formula is C37H40N4O4. The molecule has 0 radical (unpaired) electrons. The van der Waals surface area contributed by atoms with Crippen molar-refractivity contribution in [1.82, 2.24) is 14.5 Å². The van der Waals surface area contributed by atoms with Crippen LogP contribution in [0, 0.1) is 0 Å². The lowest BCUT2D eigenvalue weighted by Crippen LogP contribution is -2.50. The van der Waals surface area contributed by atoms with Gasteiger partial charge in [0.15, 0.2) is 0 Å². The molecule has 0 bridgehead atoms. The molecule has 1 fully saturated rings. The Balaban J connectivity index is 1.24. The van der Waals surface area contributed by atoms with Gasteiger partial charge in [0.25, 0.3) is 0 Å². The van der Waals surface area contributed by atoms with Crippen molar-refractivity contribution in [3.05, 3.63) is 108 Å². The monoisotopic (exact) mass is 604 g/mol. The zero-order chi connectivity index (χ0) is 31.4. The van der Waals surface area contributed by atoms with E-state index in [1.54, 1.807) is 4.90 Å². The average Bonchev–Trinajstić information content (AvgIpc) is 3.38. The molecule has 0 N–H and O–H groups in total. The Labute approximate surface area is 264 Å². The van der Waals surface area contributed by atoms with E-state index in [2.05, 4.69) is 40.9 Å². The molecule has 3 heterocycles. The van der Waals surface area contributed by atoms with Crippen LogP contribution in [0.4, 0.5) is 10.5 Å². The number of aromatic nitrogens is 2. The van der Waals surface area contributed by atoms with Crippen LogP contribution in [-0.2, 0) is 25.0 Å². The SMILES string of the molecule is Cn1cc(-c2ccc(OCc3ccccc3)nc2OCc2ccccc2)c2ccc(N3CCN(C(=O)OC(C)(C)C)CC3)cc21. The molecule has 8 nitrogen and oxygen atoms in total. The number of carbonyl (C=O) groups is 1. The number of piperazine rings is 1. The number of hydrogen-bond acceptors (Lipinski definition) is 6. The minimum absolute atomic E-state index is 0.250. The maximum Gasteiger partial charge on any atom is 0.410 e. The third-order valence-corrected chi connectivity index (χ3v) is 7.84. The predicted molar refractivity (Wildman–Crippen MR) is 178 cm³/mol. The van der Waals surface area contributed by atoms with Gasteiger partial charge in [-0.2, -0.15) is 4.98 Å². The van der Waals surface area contributed by atoms with E-state index < -0.39 is 5.60 Å². The molecule has 0 aliphatic carbocycles. The number of pyridine rings is 1. The fourth-order valence-corrected chi connectivity index (χ4v) is 5.53. The molecule has 1 aliphatic rings. The minimum atomic E-state index is -0.499. The molecule has 0 spiro atoms. The van der Waals surface area contributed by atoms with Crippen LogP contribution in [0.5, 0.6) is 11.8 Å². The van der Waals surface area contributed by atoms with Gasteiger partial charge in [-0.15, -0.1) is 0 Å². The summed E-state index contributed by atoms with van der Waals surface area (Å²) in [7, 11) is 2.06. The quantitative estimate of drug-likeness (QED) is 0.183. The molecule has 0 saturated carbocycles. The average molecular weight is 605 g/mol. The number of aryl methyl sites for hydroxylation is 1. The van der Waals surface area contributed by atoms with Gasteiger partial charge in [-0.25, -0.2) is 4.79 Å². The van der Waals surface area contributed by atoms with Gasteiger partial charge in [0, 0.05) is 67.7 Å². The van der Waals surface area contributed by atoms with Crippen LogP contribution >= 0.6 is 0 Å². The number of nitrogens with zero attached hydrogens (tertiary/aromatic N) is 4. The first-order valence-electron chi connectivity index (χ1n) is 15.4. The van der Waals surface area contributed by atoms with Crippen molar-refractivity contribution in [2.24, 2.45) is 7.05 Å². The highest BCUT2D eigenvalue weighted by Gasteiger charge is 2.26. The number of benzene rings is 3. The van der Waals surface area contributed by atoms with Crippen molar-refractivity contribution in [3.63, 3.8) is 0 Å². The van der Waals surface area contributed by atoms with Crippen LogP contribution in [0.1, 0.15) is 31.9 Å². The summed E-state index contributed by atoms with van der Waals surface area (Å²) >= 11 is 0.